The normalized spacial score (nSPS) is 14.0. The summed E-state index contributed by atoms with van der Waals surface area (Å²) in [5.74, 6) is -0.114. The largest absolute Gasteiger partial charge is 0.478 e. The number of aromatic carboxylic acids is 1. The molecule has 214 valence electrons. The lowest BCUT2D eigenvalue weighted by molar-refractivity contribution is 0.0697. The van der Waals surface area contributed by atoms with Crippen molar-refractivity contribution in [3.63, 3.8) is 0 Å². The van der Waals surface area contributed by atoms with Crippen molar-refractivity contribution in [2.24, 2.45) is 0 Å². The summed E-state index contributed by atoms with van der Waals surface area (Å²) in [6.07, 6.45) is 5.73. The molecule has 8 heteroatoms. The van der Waals surface area contributed by atoms with Gasteiger partial charge in [0, 0.05) is 22.6 Å². The number of hydrogen-bond donors (Lipinski definition) is 2. The summed E-state index contributed by atoms with van der Waals surface area (Å²) in [6, 6.07) is 27.4. The van der Waals surface area contributed by atoms with Gasteiger partial charge >= 0.3 is 5.97 Å². The highest BCUT2D eigenvalue weighted by molar-refractivity contribution is 6.41. The molecule has 0 aliphatic heterocycles. The number of fused-ring (bicyclic) bond motifs is 2. The maximum atomic E-state index is 11.7. The molecule has 0 bridgehead atoms. The van der Waals surface area contributed by atoms with Gasteiger partial charge in [0.25, 0.3) is 0 Å². The van der Waals surface area contributed by atoms with Crippen molar-refractivity contribution < 1.29 is 9.90 Å². The molecule has 0 unspecified atom stereocenters. The maximum Gasteiger partial charge on any atom is 0.335 e. The first-order valence-electron chi connectivity index (χ1n) is 14.4. The highest BCUT2D eigenvalue weighted by atomic mass is 35.5. The van der Waals surface area contributed by atoms with E-state index in [0.29, 0.717) is 33.0 Å². The zero-order valence-electron chi connectivity index (χ0n) is 23.2. The molecule has 6 nitrogen and oxygen atoms in total. The minimum Gasteiger partial charge on any atom is -0.478 e. The third-order valence-corrected chi connectivity index (χ3v) is 9.12. The van der Waals surface area contributed by atoms with E-state index in [4.69, 9.17) is 38.9 Å². The summed E-state index contributed by atoms with van der Waals surface area (Å²) >= 11 is 13.3. The van der Waals surface area contributed by atoms with Crippen molar-refractivity contribution in [3.05, 3.63) is 101 Å². The summed E-state index contributed by atoms with van der Waals surface area (Å²) < 4.78 is 2.31. The molecule has 1 aliphatic carbocycles. The van der Waals surface area contributed by atoms with Crippen molar-refractivity contribution in [3.8, 4) is 33.8 Å². The number of rotatable bonds is 5. The van der Waals surface area contributed by atoms with Crippen LogP contribution in [0.5, 0.6) is 0 Å². The van der Waals surface area contributed by atoms with E-state index in [0.717, 1.165) is 57.3 Å². The Labute approximate surface area is 258 Å². The first-order chi connectivity index (χ1) is 20.9. The van der Waals surface area contributed by atoms with Crippen LogP contribution in [0.25, 0.3) is 55.7 Å². The maximum absolute atomic E-state index is 11.7. The lowest BCUT2D eigenvalue weighted by Gasteiger charge is -2.25. The standard InChI is InChI=1S/C35H28Cl2N4O2/c36-26-19-25(20-7-3-1-4-8-20)31(32(37)33(26)38)28-15-11-21-17-22(12-14-27(21)39-28)34-40-29-18-23(35(42)43)13-16-30(29)41(34)24-9-5-2-6-10-24/h1,3-4,7-8,11-19,24H,2,5-6,9-10,38H2,(H,42,43). The Morgan fingerprint density at radius 1 is 0.837 bits per heavy atom. The van der Waals surface area contributed by atoms with Gasteiger partial charge < -0.3 is 15.4 Å². The van der Waals surface area contributed by atoms with Gasteiger partial charge in [-0.1, -0.05) is 78.9 Å². The molecule has 4 aromatic carbocycles. The van der Waals surface area contributed by atoms with Gasteiger partial charge in [0.2, 0.25) is 0 Å². The molecule has 2 aromatic heterocycles. The van der Waals surface area contributed by atoms with E-state index < -0.39 is 5.97 Å². The lowest BCUT2D eigenvalue weighted by atomic mass is 9.94. The number of aromatic nitrogens is 3. The van der Waals surface area contributed by atoms with Crippen LogP contribution in [-0.4, -0.2) is 25.6 Å². The molecular formula is C35H28Cl2N4O2. The van der Waals surface area contributed by atoms with Crippen LogP contribution < -0.4 is 5.73 Å². The second-order valence-electron chi connectivity index (χ2n) is 11.1. The van der Waals surface area contributed by atoms with E-state index in [2.05, 4.69) is 10.6 Å². The van der Waals surface area contributed by atoms with E-state index in [1.807, 2.05) is 66.7 Å². The van der Waals surface area contributed by atoms with Crippen LogP contribution in [0.15, 0.2) is 84.9 Å². The molecule has 1 aliphatic rings. The summed E-state index contributed by atoms with van der Waals surface area (Å²) in [7, 11) is 0. The van der Waals surface area contributed by atoms with Gasteiger partial charge in [-0.25, -0.2) is 14.8 Å². The molecule has 0 spiro atoms. The number of carbonyl (C=O) groups is 1. The van der Waals surface area contributed by atoms with Crippen molar-refractivity contribution in [1.82, 2.24) is 14.5 Å². The van der Waals surface area contributed by atoms with E-state index >= 15 is 0 Å². The molecule has 6 aromatic rings. The van der Waals surface area contributed by atoms with Gasteiger partial charge in [-0.05, 0) is 72.5 Å². The van der Waals surface area contributed by atoms with Gasteiger partial charge in [0.15, 0.2) is 0 Å². The van der Waals surface area contributed by atoms with Crippen molar-refractivity contribution in [1.29, 1.82) is 0 Å². The number of benzene rings is 4. The number of nitrogens with two attached hydrogens (primary N) is 1. The molecule has 2 heterocycles. The molecule has 3 N–H and O–H groups in total. The van der Waals surface area contributed by atoms with Gasteiger partial charge in [-0.15, -0.1) is 0 Å². The third-order valence-electron chi connectivity index (χ3n) is 8.42. The van der Waals surface area contributed by atoms with Crippen LogP contribution >= 0.6 is 23.2 Å². The molecule has 0 atom stereocenters. The molecule has 0 saturated heterocycles. The predicted molar refractivity (Wildman–Crippen MR) is 175 cm³/mol. The minimum atomic E-state index is -0.957. The van der Waals surface area contributed by atoms with E-state index in [1.165, 1.54) is 19.3 Å². The lowest BCUT2D eigenvalue weighted by Crippen LogP contribution is -2.14. The quantitative estimate of drug-likeness (QED) is 0.190. The Morgan fingerprint density at radius 3 is 2.40 bits per heavy atom. The molecular weight excluding hydrogens is 579 g/mol. The number of anilines is 1. The van der Waals surface area contributed by atoms with Gasteiger partial charge in [0.05, 0.1) is 43.5 Å². The number of halogens is 2. The average molecular weight is 608 g/mol. The van der Waals surface area contributed by atoms with Crippen LogP contribution in [0.2, 0.25) is 10.0 Å². The highest BCUT2D eigenvalue weighted by Gasteiger charge is 2.24. The fourth-order valence-corrected chi connectivity index (χ4v) is 6.83. The van der Waals surface area contributed by atoms with Gasteiger partial charge in [-0.2, -0.15) is 0 Å². The minimum absolute atomic E-state index is 0.235. The average Bonchev–Trinajstić information content (AvgIpc) is 3.43. The molecule has 0 amide bonds. The predicted octanol–water partition coefficient (Wildman–Crippen LogP) is 9.68. The number of nitrogen functional groups attached to an aromatic ring is 1. The zero-order chi connectivity index (χ0) is 29.7. The summed E-state index contributed by atoms with van der Waals surface area (Å²) in [5, 5.41) is 11.3. The van der Waals surface area contributed by atoms with Crippen LogP contribution in [0.1, 0.15) is 48.5 Å². The third kappa shape index (κ3) is 4.90. The van der Waals surface area contributed by atoms with E-state index in [9.17, 15) is 9.90 Å². The van der Waals surface area contributed by atoms with Gasteiger partial charge in [0.1, 0.15) is 5.82 Å². The smallest absolute Gasteiger partial charge is 0.335 e. The Hall–Kier alpha value is -4.39. The van der Waals surface area contributed by atoms with Crippen LogP contribution in [0.3, 0.4) is 0 Å². The first kappa shape index (κ1) is 27.4. The summed E-state index contributed by atoms with van der Waals surface area (Å²) in [5.41, 5.74) is 13.5. The Bertz CT molecular complexity index is 2030. The topological polar surface area (TPSA) is 94.0 Å². The second-order valence-corrected chi connectivity index (χ2v) is 11.9. The van der Waals surface area contributed by atoms with Crippen LogP contribution in [0.4, 0.5) is 5.69 Å². The fourth-order valence-electron chi connectivity index (χ4n) is 6.28. The summed E-state index contributed by atoms with van der Waals surface area (Å²) in [6.45, 7) is 0. The van der Waals surface area contributed by atoms with E-state index in [1.54, 1.807) is 12.1 Å². The van der Waals surface area contributed by atoms with Crippen molar-refractivity contribution in [2.45, 2.75) is 38.1 Å². The second kappa shape index (κ2) is 11.0. The van der Waals surface area contributed by atoms with Crippen LogP contribution in [-0.2, 0) is 0 Å². The molecule has 1 fully saturated rings. The van der Waals surface area contributed by atoms with Gasteiger partial charge in [-0.3, -0.25) is 0 Å². The Morgan fingerprint density at radius 2 is 1.63 bits per heavy atom. The van der Waals surface area contributed by atoms with Crippen molar-refractivity contribution in [2.75, 3.05) is 5.73 Å². The number of carboxylic acid groups (broad SMARTS) is 1. The number of carboxylic acids is 1. The molecule has 1 saturated carbocycles. The number of pyridine rings is 1. The molecule has 43 heavy (non-hydrogen) atoms. The van der Waals surface area contributed by atoms with Crippen molar-refractivity contribution >= 4 is 56.8 Å². The Kier molecular flexibility index (Phi) is 7.04. The molecule has 0 radical (unpaired) electrons. The SMILES string of the molecule is Nc1c(Cl)cc(-c2ccccc2)c(-c2ccc3cc(-c4nc5cc(C(=O)O)ccc5n4C4CCCCC4)ccc3n2)c1Cl. The molecule has 7 rings (SSSR count). The zero-order valence-corrected chi connectivity index (χ0v) is 24.7. The number of nitrogens with zero attached hydrogens (tertiary/aromatic N) is 3. The Balaban J connectivity index is 1.36. The monoisotopic (exact) mass is 606 g/mol. The van der Waals surface area contributed by atoms with E-state index in [-0.39, 0.29) is 5.56 Å². The highest BCUT2D eigenvalue weighted by Crippen LogP contribution is 2.44. The van der Waals surface area contributed by atoms with Crippen LogP contribution in [0, 0.1) is 0 Å². The fraction of sp³-hybridized carbons (Fsp3) is 0.171. The summed E-state index contributed by atoms with van der Waals surface area (Å²) in [4.78, 5) is 21.7. The number of hydrogen-bond acceptors (Lipinski definition) is 4. The first-order valence-corrected chi connectivity index (χ1v) is 15.1. The number of imidazole rings is 1.